The Kier molecular flexibility index (Phi) is 3.66. The van der Waals surface area contributed by atoms with Gasteiger partial charge >= 0.3 is 0 Å². The van der Waals surface area contributed by atoms with Crippen molar-refractivity contribution in [2.45, 2.75) is 11.8 Å². The summed E-state index contributed by atoms with van der Waals surface area (Å²) in [6.07, 6.45) is 2.03. The third-order valence-electron chi connectivity index (χ3n) is 3.16. The molecular formula is C16H14N2O2S. The number of hydrogen-bond donors (Lipinski definition) is 1. The Morgan fingerprint density at radius 1 is 1.10 bits per heavy atom. The Bertz CT molecular complexity index is 766. The highest BCUT2D eigenvalue weighted by Crippen LogP contribution is 2.30. The molecule has 0 aliphatic carbocycles. The van der Waals surface area contributed by atoms with Crippen LogP contribution < -0.4 is 0 Å². The van der Waals surface area contributed by atoms with Gasteiger partial charge in [-0.2, -0.15) is 4.98 Å². The van der Waals surface area contributed by atoms with Crippen molar-refractivity contribution in [1.29, 1.82) is 0 Å². The lowest BCUT2D eigenvalue weighted by atomic mass is 10.1. The second kappa shape index (κ2) is 5.61. The second-order valence-corrected chi connectivity index (χ2v) is 5.55. The highest BCUT2D eigenvalue weighted by molar-refractivity contribution is 7.98. The van der Waals surface area contributed by atoms with E-state index in [1.54, 1.807) is 17.8 Å². The number of aromatic nitrogens is 2. The SMILES string of the molecule is CSc1ccc(-c2noc(-c3cc(C)ccc3O)n2)cc1. The minimum absolute atomic E-state index is 0.133. The van der Waals surface area contributed by atoms with Crippen molar-refractivity contribution in [2.75, 3.05) is 6.26 Å². The van der Waals surface area contributed by atoms with Crippen LogP contribution in [0.25, 0.3) is 22.8 Å². The van der Waals surface area contributed by atoms with Gasteiger partial charge in [-0.1, -0.05) is 16.8 Å². The van der Waals surface area contributed by atoms with E-state index in [1.807, 2.05) is 49.6 Å². The van der Waals surface area contributed by atoms with Crippen LogP contribution in [0.5, 0.6) is 5.75 Å². The number of thioether (sulfide) groups is 1. The molecule has 1 aromatic heterocycles. The molecule has 4 nitrogen and oxygen atoms in total. The maximum absolute atomic E-state index is 9.91. The smallest absolute Gasteiger partial charge is 0.262 e. The first-order valence-electron chi connectivity index (χ1n) is 6.45. The molecule has 0 unspecified atom stereocenters. The number of phenols is 1. The number of phenolic OH excluding ortho intramolecular Hbond substituents is 1. The van der Waals surface area contributed by atoms with Crippen LogP contribution in [0, 0.1) is 6.92 Å². The molecule has 0 atom stereocenters. The molecule has 2 aromatic carbocycles. The molecule has 1 N–H and O–H groups in total. The normalized spacial score (nSPS) is 10.8. The lowest BCUT2D eigenvalue weighted by molar-refractivity contribution is 0.425. The van der Waals surface area contributed by atoms with Crippen LogP contribution in [0.15, 0.2) is 51.9 Å². The van der Waals surface area contributed by atoms with Crippen LogP contribution in [0.2, 0.25) is 0 Å². The quantitative estimate of drug-likeness (QED) is 0.736. The van der Waals surface area contributed by atoms with Crippen LogP contribution in [-0.4, -0.2) is 21.5 Å². The Morgan fingerprint density at radius 3 is 2.57 bits per heavy atom. The lowest BCUT2D eigenvalue weighted by Crippen LogP contribution is -1.83. The maximum atomic E-state index is 9.91. The van der Waals surface area contributed by atoms with Gasteiger partial charge in [0.2, 0.25) is 5.82 Å². The molecule has 0 radical (unpaired) electrons. The fraction of sp³-hybridized carbons (Fsp3) is 0.125. The molecule has 0 saturated carbocycles. The molecule has 0 amide bonds. The Labute approximate surface area is 126 Å². The average molecular weight is 298 g/mol. The predicted molar refractivity (Wildman–Crippen MR) is 83.4 cm³/mol. The summed E-state index contributed by atoms with van der Waals surface area (Å²) in [5.74, 6) is 0.965. The molecule has 0 spiro atoms. The summed E-state index contributed by atoms with van der Waals surface area (Å²) in [6, 6.07) is 13.2. The molecule has 1 heterocycles. The average Bonchev–Trinajstić information content (AvgIpc) is 2.99. The van der Waals surface area contributed by atoms with Gasteiger partial charge in [-0.25, -0.2) is 0 Å². The molecule has 0 aliphatic heterocycles. The van der Waals surface area contributed by atoms with Gasteiger partial charge < -0.3 is 9.63 Å². The van der Waals surface area contributed by atoms with Crippen molar-refractivity contribution in [3.63, 3.8) is 0 Å². The van der Waals surface area contributed by atoms with E-state index < -0.39 is 0 Å². The van der Waals surface area contributed by atoms with E-state index in [1.165, 1.54) is 4.90 Å². The first kappa shape index (κ1) is 13.7. The van der Waals surface area contributed by atoms with E-state index in [2.05, 4.69) is 10.1 Å². The van der Waals surface area contributed by atoms with Crippen LogP contribution in [-0.2, 0) is 0 Å². The standard InChI is InChI=1S/C16H14N2O2S/c1-10-3-8-14(19)13(9-10)16-17-15(18-20-16)11-4-6-12(21-2)7-5-11/h3-9,19H,1-2H3. The number of rotatable bonds is 3. The van der Waals surface area contributed by atoms with Crippen molar-refractivity contribution in [2.24, 2.45) is 0 Å². The first-order chi connectivity index (χ1) is 10.2. The summed E-state index contributed by atoms with van der Waals surface area (Å²) < 4.78 is 5.27. The molecule has 0 fully saturated rings. The zero-order chi connectivity index (χ0) is 14.8. The highest BCUT2D eigenvalue weighted by Gasteiger charge is 2.14. The second-order valence-electron chi connectivity index (χ2n) is 4.67. The molecule has 3 rings (SSSR count). The van der Waals surface area contributed by atoms with Crippen LogP contribution in [0.1, 0.15) is 5.56 Å². The minimum atomic E-state index is 0.133. The minimum Gasteiger partial charge on any atom is -0.507 e. The van der Waals surface area contributed by atoms with Crippen molar-refractivity contribution in [3.8, 4) is 28.6 Å². The van der Waals surface area contributed by atoms with E-state index in [4.69, 9.17) is 4.52 Å². The fourth-order valence-corrected chi connectivity index (χ4v) is 2.42. The summed E-state index contributed by atoms with van der Waals surface area (Å²) in [7, 11) is 0. The van der Waals surface area contributed by atoms with Crippen molar-refractivity contribution >= 4 is 11.8 Å². The topological polar surface area (TPSA) is 59.2 Å². The van der Waals surface area contributed by atoms with Crippen molar-refractivity contribution in [1.82, 2.24) is 10.1 Å². The van der Waals surface area contributed by atoms with Crippen LogP contribution >= 0.6 is 11.8 Å². The number of benzene rings is 2. The third kappa shape index (κ3) is 2.78. The Hall–Kier alpha value is -2.27. The molecular weight excluding hydrogens is 284 g/mol. The monoisotopic (exact) mass is 298 g/mol. The summed E-state index contributed by atoms with van der Waals surface area (Å²) in [5.41, 5.74) is 2.45. The molecule has 21 heavy (non-hydrogen) atoms. The fourth-order valence-electron chi connectivity index (χ4n) is 2.01. The van der Waals surface area contributed by atoms with Gasteiger partial charge in [0.05, 0.1) is 5.56 Å². The van der Waals surface area contributed by atoms with E-state index >= 15 is 0 Å². The van der Waals surface area contributed by atoms with Crippen LogP contribution in [0.3, 0.4) is 0 Å². The van der Waals surface area contributed by atoms with Gasteiger partial charge in [-0.15, -0.1) is 11.8 Å². The van der Waals surface area contributed by atoms with E-state index in [0.29, 0.717) is 17.3 Å². The van der Waals surface area contributed by atoms with Crippen LogP contribution in [0.4, 0.5) is 0 Å². The van der Waals surface area contributed by atoms with Gasteiger partial charge in [0.25, 0.3) is 5.89 Å². The Morgan fingerprint density at radius 2 is 1.86 bits per heavy atom. The molecule has 3 aromatic rings. The van der Waals surface area contributed by atoms with Gasteiger partial charge in [-0.3, -0.25) is 0 Å². The predicted octanol–water partition coefficient (Wildman–Crippen LogP) is 4.14. The number of hydrogen-bond acceptors (Lipinski definition) is 5. The summed E-state index contributed by atoms with van der Waals surface area (Å²) in [5, 5.41) is 13.9. The summed E-state index contributed by atoms with van der Waals surface area (Å²) in [4.78, 5) is 5.54. The summed E-state index contributed by atoms with van der Waals surface area (Å²) >= 11 is 1.68. The zero-order valence-corrected chi connectivity index (χ0v) is 12.5. The van der Waals surface area contributed by atoms with E-state index in [0.717, 1.165) is 11.1 Å². The van der Waals surface area contributed by atoms with Gasteiger partial charge in [0, 0.05) is 10.5 Å². The zero-order valence-electron chi connectivity index (χ0n) is 11.7. The van der Waals surface area contributed by atoms with Gasteiger partial charge in [-0.05, 0) is 49.6 Å². The number of nitrogens with zero attached hydrogens (tertiary/aromatic N) is 2. The molecule has 106 valence electrons. The number of aromatic hydroxyl groups is 1. The summed E-state index contributed by atoms with van der Waals surface area (Å²) in [6.45, 7) is 1.95. The van der Waals surface area contributed by atoms with E-state index in [-0.39, 0.29) is 5.75 Å². The van der Waals surface area contributed by atoms with Gasteiger partial charge in [0.15, 0.2) is 0 Å². The molecule has 0 bridgehead atoms. The van der Waals surface area contributed by atoms with E-state index in [9.17, 15) is 5.11 Å². The molecule has 0 aliphatic rings. The number of aryl methyl sites for hydroxylation is 1. The third-order valence-corrected chi connectivity index (χ3v) is 3.90. The Balaban J connectivity index is 1.97. The first-order valence-corrected chi connectivity index (χ1v) is 7.68. The van der Waals surface area contributed by atoms with Crippen molar-refractivity contribution < 1.29 is 9.63 Å². The lowest BCUT2D eigenvalue weighted by Gasteiger charge is -2.00. The maximum Gasteiger partial charge on any atom is 0.262 e. The molecule has 0 saturated heterocycles. The largest absolute Gasteiger partial charge is 0.507 e. The molecule has 5 heteroatoms. The van der Waals surface area contributed by atoms with Gasteiger partial charge in [0.1, 0.15) is 5.75 Å². The van der Waals surface area contributed by atoms with Crippen molar-refractivity contribution in [3.05, 3.63) is 48.0 Å². The highest BCUT2D eigenvalue weighted by atomic mass is 32.2.